The maximum atomic E-state index is 13.3. The van der Waals surface area contributed by atoms with Gasteiger partial charge in [0.1, 0.15) is 0 Å². The molecule has 1 nitrogen and oxygen atoms in total. The standard InChI is InChI=1S/C13H11BrF2OS/c14-12-9(2-3-10(15)13(12)16)11(17)4-1-8-5-6-18-7-8/h2-3,5-7,11,17H,1,4H2. The summed E-state index contributed by atoms with van der Waals surface area (Å²) in [6.07, 6.45) is 0.366. The molecule has 0 amide bonds. The van der Waals surface area contributed by atoms with E-state index >= 15 is 0 Å². The predicted octanol–water partition coefficient (Wildman–Crippen LogP) is 4.46. The van der Waals surface area contributed by atoms with Crippen molar-refractivity contribution in [3.05, 3.63) is 56.2 Å². The van der Waals surface area contributed by atoms with Crippen LogP contribution in [0, 0.1) is 11.6 Å². The third kappa shape index (κ3) is 2.96. The van der Waals surface area contributed by atoms with Gasteiger partial charge in [-0.3, -0.25) is 0 Å². The molecule has 2 aromatic rings. The van der Waals surface area contributed by atoms with Gasteiger partial charge in [-0.15, -0.1) is 0 Å². The molecule has 0 fully saturated rings. The molecule has 0 bridgehead atoms. The summed E-state index contributed by atoms with van der Waals surface area (Å²) in [5.74, 6) is -1.88. The Bertz CT molecular complexity index is 528. The van der Waals surface area contributed by atoms with Gasteiger partial charge in [0.2, 0.25) is 0 Å². The van der Waals surface area contributed by atoms with E-state index in [2.05, 4.69) is 15.9 Å². The smallest absolute Gasteiger partial charge is 0.173 e. The molecule has 0 aliphatic heterocycles. The Morgan fingerprint density at radius 1 is 1.28 bits per heavy atom. The lowest BCUT2D eigenvalue weighted by atomic mass is 10.0. The van der Waals surface area contributed by atoms with Crippen LogP contribution in [0.2, 0.25) is 0 Å². The number of thiophene rings is 1. The van der Waals surface area contributed by atoms with Gasteiger partial charge in [-0.2, -0.15) is 11.3 Å². The number of aliphatic hydroxyl groups excluding tert-OH is 1. The summed E-state index contributed by atoms with van der Waals surface area (Å²) in [7, 11) is 0. The Morgan fingerprint density at radius 2 is 2.06 bits per heavy atom. The molecule has 0 aliphatic carbocycles. The van der Waals surface area contributed by atoms with Crippen LogP contribution >= 0.6 is 27.3 Å². The number of halogens is 3. The first-order valence-corrected chi connectivity index (χ1v) is 7.15. The van der Waals surface area contributed by atoms with Crippen LogP contribution < -0.4 is 0 Å². The van der Waals surface area contributed by atoms with Crippen LogP contribution in [0.5, 0.6) is 0 Å². The van der Waals surface area contributed by atoms with Gasteiger partial charge in [-0.25, -0.2) is 8.78 Å². The maximum absolute atomic E-state index is 13.3. The average molecular weight is 333 g/mol. The van der Waals surface area contributed by atoms with Crippen LogP contribution in [-0.2, 0) is 6.42 Å². The van der Waals surface area contributed by atoms with Gasteiger partial charge in [0, 0.05) is 0 Å². The molecule has 0 saturated heterocycles. The normalized spacial score (nSPS) is 12.7. The third-order valence-corrected chi connectivity index (χ3v) is 4.25. The highest BCUT2D eigenvalue weighted by atomic mass is 79.9. The van der Waals surface area contributed by atoms with Crippen LogP contribution in [0.25, 0.3) is 0 Å². The molecule has 18 heavy (non-hydrogen) atoms. The highest BCUT2D eigenvalue weighted by Crippen LogP contribution is 2.30. The minimum atomic E-state index is -0.956. The second-order valence-electron chi connectivity index (χ2n) is 3.95. The zero-order chi connectivity index (χ0) is 13.1. The van der Waals surface area contributed by atoms with E-state index in [0.717, 1.165) is 11.6 Å². The van der Waals surface area contributed by atoms with Crippen molar-refractivity contribution in [2.75, 3.05) is 0 Å². The number of benzene rings is 1. The Labute approximate surface area is 116 Å². The molecule has 0 aliphatic rings. The van der Waals surface area contributed by atoms with Gasteiger partial charge in [-0.1, -0.05) is 6.07 Å². The van der Waals surface area contributed by atoms with Gasteiger partial charge >= 0.3 is 0 Å². The number of rotatable bonds is 4. The fraction of sp³-hybridized carbons (Fsp3) is 0.231. The van der Waals surface area contributed by atoms with Crippen molar-refractivity contribution in [2.45, 2.75) is 18.9 Å². The minimum absolute atomic E-state index is 0.000295. The summed E-state index contributed by atoms with van der Waals surface area (Å²) in [6, 6.07) is 4.42. The van der Waals surface area contributed by atoms with Crippen LogP contribution in [0.4, 0.5) is 8.78 Å². The minimum Gasteiger partial charge on any atom is -0.388 e. The second kappa shape index (κ2) is 5.91. The molecule has 1 heterocycles. The molecule has 96 valence electrons. The van der Waals surface area contributed by atoms with Gasteiger partial charge in [0.15, 0.2) is 11.6 Å². The molecule has 1 aromatic carbocycles. The number of aliphatic hydroxyl groups is 1. The molecule has 5 heteroatoms. The Kier molecular flexibility index (Phi) is 4.48. The van der Waals surface area contributed by atoms with Crippen LogP contribution in [-0.4, -0.2) is 5.11 Å². The molecular formula is C13H11BrF2OS. The molecule has 0 saturated carbocycles. The van der Waals surface area contributed by atoms with Crippen LogP contribution in [0.15, 0.2) is 33.4 Å². The molecular weight excluding hydrogens is 322 g/mol. The molecule has 1 unspecified atom stereocenters. The quantitative estimate of drug-likeness (QED) is 0.820. The zero-order valence-corrected chi connectivity index (χ0v) is 11.8. The fourth-order valence-corrected chi connectivity index (χ4v) is 2.98. The largest absolute Gasteiger partial charge is 0.388 e. The van der Waals surface area contributed by atoms with Crippen molar-refractivity contribution in [3.8, 4) is 0 Å². The van der Waals surface area contributed by atoms with Gasteiger partial charge in [0.25, 0.3) is 0 Å². The third-order valence-electron chi connectivity index (χ3n) is 2.71. The second-order valence-corrected chi connectivity index (χ2v) is 5.52. The molecule has 2 rings (SSSR count). The highest BCUT2D eigenvalue weighted by Gasteiger charge is 2.17. The highest BCUT2D eigenvalue weighted by molar-refractivity contribution is 9.10. The van der Waals surface area contributed by atoms with Gasteiger partial charge in [0.05, 0.1) is 10.6 Å². The van der Waals surface area contributed by atoms with E-state index in [-0.39, 0.29) is 4.47 Å². The Morgan fingerprint density at radius 3 is 2.72 bits per heavy atom. The lowest BCUT2D eigenvalue weighted by molar-refractivity contribution is 0.166. The Hall–Kier alpha value is -0.780. The first-order chi connectivity index (χ1) is 8.59. The fourth-order valence-electron chi connectivity index (χ4n) is 1.69. The van der Waals surface area contributed by atoms with E-state index in [4.69, 9.17) is 0 Å². The van der Waals surface area contributed by atoms with E-state index in [1.807, 2.05) is 16.8 Å². The molecule has 1 aromatic heterocycles. The average Bonchev–Trinajstić information content (AvgIpc) is 2.86. The van der Waals surface area contributed by atoms with Crippen LogP contribution in [0.1, 0.15) is 23.7 Å². The zero-order valence-electron chi connectivity index (χ0n) is 9.37. The summed E-state index contributed by atoms with van der Waals surface area (Å²) in [4.78, 5) is 0. The summed E-state index contributed by atoms with van der Waals surface area (Å²) in [5, 5.41) is 14.0. The molecule has 0 radical (unpaired) electrons. The van der Waals surface area contributed by atoms with E-state index in [1.54, 1.807) is 11.3 Å². The topological polar surface area (TPSA) is 20.2 Å². The van der Waals surface area contributed by atoms with E-state index in [9.17, 15) is 13.9 Å². The van der Waals surface area contributed by atoms with Crippen molar-refractivity contribution >= 4 is 27.3 Å². The van der Waals surface area contributed by atoms with Crippen molar-refractivity contribution in [1.82, 2.24) is 0 Å². The van der Waals surface area contributed by atoms with Crippen LogP contribution in [0.3, 0.4) is 0 Å². The first-order valence-electron chi connectivity index (χ1n) is 5.42. The van der Waals surface area contributed by atoms with E-state index < -0.39 is 17.7 Å². The summed E-state index contributed by atoms with van der Waals surface area (Å²) in [6.45, 7) is 0. The summed E-state index contributed by atoms with van der Waals surface area (Å²) < 4.78 is 26.3. The van der Waals surface area contributed by atoms with Crippen molar-refractivity contribution < 1.29 is 13.9 Å². The monoisotopic (exact) mass is 332 g/mol. The SMILES string of the molecule is OC(CCc1ccsc1)c1ccc(F)c(F)c1Br. The summed E-state index contributed by atoms with van der Waals surface area (Å²) >= 11 is 4.57. The first kappa shape index (κ1) is 13.6. The van der Waals surface area contributed by atoms with E-state index in [1.165, 1.54) is 6.07 Å². The molecule has 1 atom stereocenters. The number of hydrogen-bond acceptors (Lipinski definition) is 2. The van der Waals surface area contributed by atoms with Gasteiger partial charge < -0.3 is 5.11 Å². The number of hydrogen-bond donors (Lipinski definition) is 1. The number of aryl methyl sites for hydroxylation is 1. The summed E-state index contributed by atoms with van der Waals surface area (Å²) in [5.41, 5.74) is 1.52. The van der Waals surface area contributed by atoms with E-state index in [0.29, 0.717) is 18.4 Å². The van der Waals surface area contributed by atoms with Crippen molar-refractivity contribution in [3.63, 3.8) is 0 Å². The maximum Gasteiger partial charge on any atom is 0.173 e. The van der Waals surface area contributed by atoms with Crippen molar-refractivity contribution in [2.24, 2.45) is 0 Å². The molecule has 0 spiro atoms. The lowest BCUT2D eigenvalue weighted by Crippen LogP contribution is -2.02. The Balaban J connectivity index is 2.09. The lowest BCUT2D eigenvalue weighted by Gasteiger charge is -2.13. The predicted molar refractivity (Wildman–Crippen MR) is 71.7 cm³/mol. The van der Waals surface area contributed by atoms with Gasteiger partial charge in [-0.05, 0) is 62.8 Å². The molecule has 1 N–H and O–H groups in total. The van der Waals surface area contributed by atoms with Crippen molar-refractivity contribution in [1.29, 1.82) is 0 Å².